The molecule has 0 saturated carbocycles. The number of carbonyl (C=O) groups is 1. The van der Waals surface area contributed by atoms with Gasteiger partial charge in [0.25, 0.3) is 5.91 Å². The van der Waals surface area contributed by atoms with Crippen molar-refractivity contribution in [2.24, 2.45) is 0 Å². The van der Waals surface area contributed by atoms with E-state index in [1.807, 2.05) is 12.1 Å². The lowest BCUT2D eigenvalue weighted by Crippen LogP contribution is -2.30. The van der Waals surface area contributed by atoms with E-state index in [1.54, 1.807) is 47.8 Å². The van der Waals surface area contributed by atoms with Crippen molar-refractivity contribution in [3.63, 3.8) is 0 Å². The molecule has 3 rings (SSSR count). The molecule has 0 spiro atoms. The molecule has 1 aromatic carbocycles. The molecule has 4 nitrogen and oxygen atoms in total. The highest BCUT2D eigenvalue weighted by Gasteiger charge is 2.18. The Kier molecular flexibility index (Phi) is 4.38. The van der Waals surface area contributed by atoms with E-state index in [9.17, 15) is 9.18 Å². The van der Waals surface area contributed by atoms with E-state index in [2.05, 4.69) is 9.97 Å². The number of halogens is 1. The maximum atomic E-state index is 13.2. The van der Waals surface area contributed by atoms with Crippen molar-refractivity contribution in [2.45, 2.75) is 6.54 Å². The molecule has 2 aromatic heterocycles. The zero-order valence-electron chi connectivity index (χ0n) is 12.3. The predicted octanol–water partition coefficient (Wildman–Crippen LogP) is 3.46. The van der Waals surface area contributed by atoms with Crippen LogP contribution >= 0.6 is 0 Å². The number of hydrogen-bond acceptors (Lipinski definition) is 3. The van der Waals surface area contributed by atoms with Gasteiger partial charge in [-0.1, -0.05) is 6.07 Å². The number of carbonyl (C=O) groups excluding carboxylic acids is 1. The molecule has 114 valence electrons. The van der Waals surface area contributed by atoms with Crippen LogP contribution in [0.5, 0.6) is 0 Å². The number of amides is 1. The molecule has 23 heavy (non-hydrogen) atoms. The molecule has 0 fully saturated rings. The van der Waals surface area contributed by atoms with Gasteiger partial charge >= 0.3 is 0 Å². The lowest BCUT2D eigenvalue weighted by molar-refractivity contribution is 0.0984. The van der Waals surface area contributed by atoms with E-state index in [4.69, 9.17) is 0 Å². The van der Waals surface area contributed by atoms with E-state index in [1.165, 1.54) is 18.3 Å². The fourth-order valence-electron chi connectivity index (χ4n) is 2.22. The van der Waals surface area contributed by atoms with Crippen LogP contribution < -0.4 is 4.90 Å². The fraction of sp³-hybridized carbons (Fsp3) is 0.0556. The van der Waals surface area contributed by atoms with Gasteiger partial charge in [0, 0.05) is 30.5 Å². The van der Waals surface area contributed by atoms with E-state index in [-0.39, 0.29) is 11.7 Å². The first-order valence-corrected chi connectivity index (χ1v) is 7.10. The monoisotopic (exact) mass is 307 g/mol. The van der Waals surface area contributed by atoms with Crippen molar-refractivity contribution < 1.29 is 9.18 Å². The highest BCUT2D eigenvalue weighted by atomic mass is 19.1. The predicted molar refractivity (Wildman–Crippen MR) is 85.4 cm³/mol. The van der Waals surface area contributed by atoms with Crippen molar-refractivity contribution in [1.82, 2.24) is 9.97 Å². The Hall–Kier alpha value is -3.08. The van der Waals surface area contributed by atoms with Crippen LogP contribution in [0.25, 0.3) is 0 Å². The van der Waals surface area contributed by atoms with E-state index in [0.29, 0.717) is 17.8 Å². The average molecular weight is 307 g/mol. The van der Waals surface area contributed by atoms with Gasteiger partial charge in [-0.3, -0.25) is 14.8 Å². The smallest absolute Gasteiger partial charge is 0.260 e. The number of rotatable bonds is 4. The van der Waals surface area contributed by atoms with E-state index < -0.39 is 0 Å². The SMILES string of the molecule is O=C(c1cccnc1)N(Cc1cccnc1)c1ccc(F)cc1. The third kappa shape index (κ3) is 3.58. The minimum absolute atomic E-state index is 0.200. The largest absolute Gasteiger partial charge is 0.304 e. The minimum Gasteiger partial charge on any atom is -0.304 e. The molecule has 0 unspecified atom stereocenters. The van der Waals surface area contributed by atoms with Crippen LogP contribution in [-0.2, 0) is 6.54 Å². The van der Waals surface area contributed by atoms with E-state index >= 15 is 0 Å². The summed E-state index contributed by atoms with van der Waals surface area (Å²) >= 11 is 0. The first kappa shape index (κ1) is 14.8. The molecule has 0 aliphatic rings. The molecule has 5 heteroatoms. The van der Waals surface area contributed by atoms with Gasteiger partial charge in [-0.25, -0.2) is 4.39 Å². The van der Waals surface area contributed by atoms with Gasteiger partial charge in [0.1, 0.15) is 5.82 Å². The van der Waals surface area contributed by atoms with Gasteiger partial charge in [0.05, 0.1) is 12.1 Å². The third-order valence-electron chi connectivity index (χ3n) is 3.36. The van der Waals surface area contributed by atoms with Crippen molar-refractivity contribution in [3.8, 4) is 0 Å². The van der Waals surface area contributed by atoms with Crippen LogP contribution in [0.15, 0.2) is 73.3 Å². The summed E-state index contributed by atoms with van der Waals surface area (Å²) in [6.07, 6.45) is 6.50. The lowest BCUT2D eigenvalue weighted by Gasteiger charge is -2.23. The number of anilines is 1. The zero-order chi connectivity index (χ0) is 16.1. The summed E-state index contributed by atoms with van der Waals surface area (Å²) in [7, 11) is 0. The molecule has 0 radical (unpaired) electrons. The Balaban J connectivity index is 1.96. The Bertz CT molecular complexity index is 776. The summed E-state index contributed by atoms with van der Waals surface area (Å²) in [5.74, 6) is -0.544. The van der Waals surface area contributed by atoms with Gasteiger partial charge in [-0.2, -0.15) is 0 Å². The Morgan fingerprint density at radius 1 is 0.957 bits per heavy atom. The second kappa shape index (κ2) is 6.79. The lowest BCUT2D eigenvalue weighted by atomic mass is 10.2. The highest BCUT2D eigenvalue weighted by Crippen LogP contribution is 2.20. The Morgan fingerprint density at radius 3 is 2.26 bits per heavy atom. The van der Waals surface area contributed by atoms with Crippen LogP contribution in [0.4, 0.5) is 10.1 Å². The minimum atomic E-state index is -0.344. The summed E-state index contributed by atoms with van der Waals surface area (Å²) in [4.78, 5) is 22.4. The molecule has 0 aliphatic heterocycles. The number of aromatic nitrogens is 2. The molecular weight excluding hydrogens is 293 g/mol. The summed E-state index contributed by atoms with van der Waals surface area (Å²) in [6.45, 7) is 0.340. The second-order valence-electron chi connectivity index (χ2n) is 4.97. The van der Waals surface area contributed by atoms with Gasteiger partial charge in [0.2, 0.25) is 0 Å². The standard InChI is InChI=1S/C18H14FN3O/c19-16-5-7-17(8-6-16)22(13-14-3-1-9-20-11-14)18(23)15-4-2-10-21-12-15/h1-12H,13H2. The summed E-state index contributed by atoms with van der Waals surface area (Å²) in [6, 6.07) is 13.0. The van der Waals surface area contributed by atoms with Crippen LogP contribution in [0.2, 0.25) is 0 Å². The average Bonchev–Trinajstić information content (AvgIpc) is 2.62. The van der Waals surface area contributed by atoms with Gasteiger partial charge in [0.15, 0.2) is 0 Å². The first-order valence-electron chi connectivity index (χ1n) is 7.10. The number of benzene rings is 1. The molecule has 0 bridgehead atoms. The van der Waals surface area contributed by atoms with Crippen LogP contribution in [0, 0.1) is 5.82 Å². The summed E-state index contributed by atoms with van der Waals surface area (Å²) in [5.41, 5.74) is 1.97. The highest BCUT2D eigenvalue weighted by molar-refractivity contribution is 6.05. The van der Waals surface area contributed by atoms with Crippen molar-refractivity contribution in [1.29, 1.82) is 0 Å². The molecule has 0 N–H and O–H groups in total. The zero-order valence-corrected chi connectivity index (χ0v) is 12.3. The molecular formula is C18H14FN3O. The molecule has 1 amide bonds. The maximum Gasteiger partial charge on any atom is 0.260 e. The first-order chi connectivity index (χ1) is 11.2. The Morgan fingerprint density at radius 2 is 1.65 bits per heavy atom. The number of pyridine rings is 2. The maximum absolute atomic E-state index is 13.2. The molecule has 0 saturated heterocycles. The van der Waals surface area contributed by atoms with Crippen LogP contribution in [0.3, 0.4) is 0 Å². The second-order valence-corrected chi connectivity index (χ2v) is 4.97. The van der Waals surface area contributed by atoms with Gasteiger partial charge < -0.3 is 4.90 Å². The molecule has 2 heterocycles. The van der Waals surface area contributed by atoms with Gasteiger partial charge in [-0.15, -0.1) is 0 Å². The fourth-order valence-corrected chi connectivity index (χ4v) is 2.22. The number of nitrogens with zero attached hydrogens (tertiary/aromatic N) is 3. The van der Waals surface area contributed by atoms with Crippen molar-refractivity contribution >= 4 is 11.6 Å². The normalized spacial score (nSPS) is 10.3. The van der Waals surface area contributed by atoms with Crippen LogP contribution in [0.1, 0.15) is 15.9 Å². The van der Waals surface area contributed by atoms with Crippen molar-refractivity contribution in [2.75, 3.05) is 4.90 Å². The molecule has 0 aliphatic carbocycles. The number of hydrogen-bond donors (Lipinski definition) is 0. The topological polar surface area (TPSA) is 46.1 Å². The van der Waals surface area contributed by atoms with Gasteiger partial charge in [-0.05, 0) is 48.0 Å². The summed E-state index contributed by atoms with van der Waals surface area (Å²) < 4.78 is 13.2. The van der Waals surface area contributed by atoms with E-state index in [0.717, 1.165) is 5.56 Å². The van der Waals surface area contributed by atoms with Crippen LogP contribution in [-0.4, -0.2) is 15.9 Å². The molecule has 3 aromatic rings. The Labute approximate surface area is 133 Å². The molecule has 0 atom stereocenters. The summed E-state index contributed by atoms with van der Waals surface area (Å²) in [5, 5.41) is 0. The van der Waals surface area contributed by atoms with Crippen molar-refractivity contribution in [3.05, 3.63) is 90.3 Å². The third-order valence-corrected chi connectivity index (χ3v) is 3.36. The quantitative estimate of drug-likeness (QED) is 0.741.